The van der Waals surface area contributed by atoms with Gasteiger partial charge >= 0.3 is 0 Å². The van der Waals surface area contributed by atoms with Crippen molar-refractivity contribution in [3.8, 4) is 0 Å². The molecule has 1 aliphatic carbocycles. The maximum Gasteiger partial charge on any atom is 0.276 e. The zero-order valence-electron chi connectivity index (χ0n) is 14.6. The van der Waals surface area contributed by atoms with Gasteiger partial charge in [0.25, 0.3) is 11.2 Å². The number of nitrogens with zero attached hydrogens (tertiary/aromatic N) is 3. The summed E-state index contributed by atoms with van der Waals surface area (Å²) in [5.74, 6) is -0.947. The van der Waals surface area contributed by atoms with Crippen molar-refractivity contribution < 1.29 is 14.5 Å². The van der Waals surface area contributed by atoms with Gasteiger partial charge in [-0.3, -0.25) is 29.9 Å². The molecule has 0 spiro atoms. The molecule has 2 aromatic carbocycles. The molecular weight excluding hydrogens is 378 g/mol. The number of H-pyrrole nitrogens is 1. The molecule has 3 aromatic rings. The van der Waals surface area contributed by atoms with Crippen LogP contribution in [0.5, 0.6) is 0 Å². The van der Waals surface area contributed by atoms with Gasteiger partial charge in [0.2, 0.25) is 11.6 Å². The van der Waals surface area contributed by atoms with Crippen LogP contribution in [0.2, 0.25) is 0 Å². The second-order valence-electron chi connectivity index (χ2n) is 6.05. The van der Waals surface area contributed by atoms with Crippen LogP contribution in [0.1, 0.15) is 37.8 Å². The molecule has 0 saturated heterocycles. The quantitative estimate of drug-likeness (QED) is 0.308. The Labute approximate surface area is 162 Å². The van der Waals surface area contributed by atoms with E-state index in [1.807, 2.05) is 0 Å². The summed E-state index contributed by atoms with van der Waals surface area (Å²) in [4.78, 5) is 54.0. The van der Waals surface area contributed by atoms with Crippen molar-refractivity contribution in [3.05, 3.63) is 97.2 Å². The Hall–Kier alpha value is -4.47. The van der Waals surface area contributed by atoms with E-state index in [1.54, 1.807) is 12.1 Å². The molecule has 2 N–H and O–H groups in total. The Balaban J connectivity index is 1.62. The molecule has 0 atom stereocenters. The number of fused-ring (bicyclic) bond motifs is 2. The molecule has 0 aliphatic heterocycles. The topological polar surface area (TPSA) is 147 Å². The summed E-state index contributed by atoms with van der Waals surface area (Å²) < 4.78 is 0. The van der Waals surface area contributed by atoms with Gasteiger partial charge in [-0.1, -0.05) is 24.3 Å². The van der Waals surface area contributed by atoms with Crippen LogP contribution in [0.25, 0.3) is 0 Å². The summed E-state index contributed by atoms with van der Waals surface area (Å²) in [7, 11) is 0. The third-order valence-electron chi connectivity index (χ3n) is 4.26. The van der Waals surface area contributed by atoms with E-state index < -0.39 is 22.0 Å². The van der Waals surface area contributed by atoms with Crippen LogP contribution in [-0.4, -0.2) is 32.7 Å². The third-order valence-corrected chi connectivity index (χ3v) is 4.26. The summed E-state index contributed by atoms with van der Waals surface area (Å²) >= 11 is 0. The van der Waals surface area contributed by atoms with Crippen LogP contribution in [0, 0.1) is 10.1 Å². The Morgan fingerprint density at radius 2 is 1.66 bits per heavy atom. The Morgan fingerprint density at radius 3 is 2.31 bits per heavy atom. The van der Waals surface area contributed by atoms with Crippen LogP contribution >= 0.6 is 0 Å². The monoisotopic (exact) mass is 389 g/mol. The minimum absolute atomic E-state index is 0.0733. The predicted molar refractivity (Wildman–Crippen MR) is 102 cm³/mol. The van der Waals surface area contributed by atoms with Gasteiger partial charge in [0.05, 0.1) is 16.8 Å². The number of benzene rings is 2. The average molecular weight is 389 g/mol. The van der Waals surface area contributed by atoms with Gasteiger partial charge < -0.3 is 4.98 Å². The highest BCUT2D eigenvalue weighted by atomic mass is 16.6. The molecule has 0 unspecified atom stereocenters. The predicted octanol–water partition coefficient (Wildman–Crippen LogP) is 1.90. The van der Waals surface area contributed by atoms with Crippen LogP contribution < -0.4 is 11.0 Å². The molecule has 29 heavy (non-hydrogen) atoms. The lowest BCUT2D eigenvalue weighted by Gasteiger charge is -2.15. The number of anilines is 1. The van der Waals surface area contributed by atoms with Gasteiger partial charge in [0.15, 0.2) is 0 Å². The number of nitro groups is 1. The fourth-order valence-corrected chi connectivity index (χ4v) is 2.85. The van der Waals surface area contributed by atoms with Gasteiger partial charge in [-0.2, -0.15) is 5.10 Å². The second kappa shape index (κ2) is 6.93. The van der Waals surface area contributed by atoms with Crippen molar-refractivity contribution in [2.24, 2.45) is 5.10 Å². The minimum atomic E-state index is -0.682. The number of carbonyl (C=O) groups is 2. The molecule has 10 heteroatoms. The van der Waals surface area contributed by atoms with E-state index in [0.717, 1.165) is 6.21 Å². The fraction of sp³-hybridized carbons (Fsp3) is 0. The normalized spacial score (nSPS) is 12.6. The lowest BCUT2D eigenvalue weighted by Crippen LogP contribution is -2.29. The summed E-state index contributed by atoms with van der Waals surface area (Å²) in [6.45, 7) is 0. The number of hydrogen-bond acceptors (Lipinski definition) is 8. The van der Waals surface area contributed by atoms with Gasteiger partial charge in [0.1, 0.15) is 17.1 Å². The smallest absolute Gasteiger partial charge is 0.276 e. The van der Waals surface area contributed by atoms with Crippen molar-refractivity contribution in [1.82, 2.24) is 9.97 Å². The lowest BCUT2D eigenvalue weighted by atomic mass is 9.90. The van der Waals surface area contributed by atoms with Crippen molar-refractivity contribution in [2.45, 2.75) is 0 Å². The number of hydrogen-bond donors (Lipinski definition) is 2. The van der Waals surface area contributed by atoms with E-state index in [1.165, 1.54) is 36.4 Å². The van der Waals surface area contributed by atoms with E-state index in [9.17, 15) is 24.5 Å². The highest BCUT2D eigenvalue weighted by Gasteiger charge is 2.32. The molecule has 0 fully saturated rings. The SMILES string of the molecule is O=C1c2ccccc2C(=O)c2[nH]c(=O)c(C=NNc3ccc([N+](=O)[O-])cc3)nc21. The molecule has 1 aliphatic rings. The third kappa shape index (κ3) is 3.18. The van der Waals surface area contributed by atoms with E-state index in [4.69, 9.17) is 0 Å². The number of aromatic nitrogens is 2. The maximum atomic E-state index is 12.6. The molecule has 0 radical (unpaired) electrons. The first-order valence-electron chi connectivity index (χ1n) is 8.32. The first-order chi connectivity index (χ1) is 14.0. The number of non-ortho nitro benzene ring substituents is 1. The van der Waals surface area contributed by atoms with E-state index in [-0.39, 0.29) is 33.9 Å². The Bertz CT molecular complexity index is 1260. The van der Waals surface area contributed by atoms with E-state index in [0.29, 0.717) is 5.69 Å². The molecule has 0 saturated carbocycles. The van der Waals surface area contributed by atoms with Crippen LogP contribution in [0.4, 0.5) is 11.4 Å². The summed E-state index contributed by atoms with van der Waals surface area (Å²) in [5, 5.41) is 14.5. The molecule has 4 rings (SSSR count). The highest BCUT2D eigenvalue weighted by molar-refractivity contribution is 6.26. The molecule has 1 aromatic heterocycles. The number of hydrazone groups is 1. The molecule has 0 bridgehead atoms. The van der Waals surface area contributed by atoms with Crippen LogP contribution in [0.15, 0.2) is 58.4 Å². The van der Waals surface area contributed by atoms with E-state index in [2.05, 4.69) is 20.5 Å². The molecule has 10 nitrogen and oxygen atoms in total. The van der Waals surface area contributed by atoms with Gasteiger partial charge in [-0.25, -0.2) is 4.98 Å². The minimum Gasteiger partial charge on any atom is -0.315 e. The maximum absolute atomic E-state index is 12.6. The summed E-state index contributed by atoms with van der Waals surface area (Å²) in [6.07, 6.45) is 1.10. The molecule has 142 valence electrons. The summed E-state index contributed by atoms with van der Waals surface area (Å²) in [6, 6.07) is 11.8. The van der Waals surface area contributed by atoms with Crippen LogP contribution in [-0.2, 0) is 0 Å². The second-order valence-corrected chi connectivity index (χ2v) is 6.05. The zero-order chi connectivity index (χ0) is 20.5. The van der Waals surface area contributed by atoms with E-state index >= 15 is 0 Å². The Kier molecular flexibility index (Phi) is 4.28. The van der Waals surface area contributed by atoms with Gasteiger partial charge in [-0.05, 0) is 12.1 Å². The van der Waals surface area contributed by atoms with Crippen molar-refractivity contribution >= 4 is 29.2 Å². The number of nitrogens with one attached hydrogen (secondary N) is 2. The first-order valence-corrected chi connectivity index (χ1v) is 8.32. The summed E-state index contributed by atoms with van der Waals surface area (Å²) in [5.41, 5.74) is 2.26. The number of ketones is 2. The van der Waals surface area contributed by atoms with Gasteiger partial charge in [0, 0.05) is 23.3 Å². The van der Waals surface area contributed by atoms with Crippen molar-refractivity contribution in [2.75, 3.05) is 5.43 Å². The first kappa shape index (κ1) is 17.9. The number of rotatable bonds is 4. The highest BCUT2D eigenvalue weighted by Crippen LogP contribution is 2.23. The Morgan fingerprint density at radius 1 is 1.00 bits per heavy atom. The molecule has 1 heterocycles. The molecule has 0 amide bonds. The number of aromatic amines is 1. The van der Waals surface area contributed by atoms with Gasteiger partial charge in [-0.15, -0.1) is 0 Å². The zero-order valence-corrected chi connectivity index (χ0v) is 14.6. The average Bonchev–Trinajstić information content (AvgIpc) is 2.73. The number of nitro benzene ring substituents is 1. The number of carbonyl (C=O) groups excluding carboxylic acids is 2. The fourth-order valence-electron chi connectivity index (χ4n) is 2.85. The largest absolute Gasteiger partial charge is 0.315 e. The molecular formula is C19H11N5O5. The standard InChI is InChI=1S/C19H11N5O5/c25-17-12-3-1-2-4-13(12)18(26)16-15(17)21-14(19(27)22-16)9-20-23-10-5-7-11(8-6-10)24(28)29/h1-9,23H,(H,22,27). The lowest BCUT2D eigenvalue weighted by molar-refractivity contribution is -0.384. The van der Waals surface area contributed by atoms with Crippen molar-refractivity contribution in [3.63, 3.8) is 0 Å². The van der Waals surface area contributed by atoms with Crippen LogP contribution in [0.3, 0.4) is 0 Å². The van der Waals surface area contributed by atoms with Crippen molar-refractivity contribution in [1.29, 1.82) is 0 Å².